The minimum absolute atomic E-state index is 0.0917. The Balaban J connectivity index is 2.17. The van der Waals surface area contributed by atoms with E-state index in [0.29, 0.717) is 24.9 Å². The van der Waals surface area contributed by atoms with Crippen LogP contribution in [0.3, 0.4) is 0 Å². The van der Waals surface area contributed by atoms with Crippen LogP contribution in [0.15, 0.2) is 6.20 Å². The number of hydrogen-bond donors (Lipinski definition) is 2. The van der Waals surface area contributed by atoms with Gasteiger partial charge in [-0.25, -0.2) is 10.8 Å². The molecule has 0 amide bonds. The number of hydrazine groups is 1. The molecule has 2 heterocycles. The number of nitro groups is 1. The van der Waals surface area contributed by atoms with Crippen LogP contribution < -0.4 is 16.2 Å². The maximum atomic E-state index is 11.1. The second kappa shape index (κ2) is 6.64. The van der Waals surface area contributed by atoms with E-state index < -0.39 is 4.92 Å². The van der Waals surface area contributed by atoms with Crippen LogP contribution in [-0.2, 0) is 0 Å². The maximum Gasteiger partial charge on any atom is 0.329 e. The summed E-state index contributed by atoms with van der Waals surface area (Å²) in [4.78, 5) is 22.9. The van der Waals surface area contributed by atoms with E-state index in [9.17, 15) is 10.1 Å². The average molecular weight is 295 g/mol. The first-order valence-electron chi connectivity index (χ1n) is 7.03. The van der Waals surface area contributed by atoms with E-state index in [-0.39, 0.29) is 11.6 Å². The molecule has 2 rings (SSSR count). The van der Waals surface area contributed by atoms with E-state index in [0.717, 1.165) is 19.5 Å². The number of hydrogen-bond acceptors (Lipinski definition) is 8. The minimum atomic E-state index is -0.462. The number of aromatic nitrogens is 2. The van der Waals surface area contributed by atoms with Gasteiger partial charge in [0.05, 0.1) is 4.92 Å². The molecule has 0 aliphatic carbocycles. The Labute approximate surface area is 123 Å². The van der Waals surface area contributed by atoms with Crippen molar-refractivity contribution in [3.8, 4) is 0 Å². The van der Waals surface area contributed by atoms with Crippen molar-refractivity contribution in [2.45, 2.75) is 26.3 Å². The molecule has 0 aromatic carbocycles. The molecule has 1 unspecified atom stereocenters. The van der Waals surface area contributed by atoms with Gasteiger partial charge >= 0.3 is 5.69 Å². The van der Waals surface area contributed by atoms with Gasteiger partial charge in [0.25, 0.3) is 0 Å². The zero-order chi connectivity index (χ0) is 15.4. The number of piperazine rings is 1. The number of nitrogens with two attached hydrogens (primary N) is 1. The summed E-state index contributed by atoms with van der Waals surface area (Å²) in [6.45, 7) is 7.48. The van der Waals surface area contributed by atoms with Crippen molar-refractivity contribution in [1.29, 1.82) is 0 Å². The Morgan fingerprint density at radius 3 is 2.67 bits per heavy atom. The molecule has 1 aromatic heterocycles. The molecule has 9 heteroatoms. The van der Waals surface area contributed by atoms with Crippen LogP contribution >= 0.6 is 0 Å². The second-order valence-electron chi connectivity index (χ2n) is 5.08. The van der Waals surface area contributed by atoms with E-state index in [2.05, 4.69) is 34.1 Å². The third-order valence-electron chi connectivity index (χ3n) is 3.90. The molecule has 3 N–H and O–H groups in total. The van der Waals surface area contributed by atoms with Gasteiger partial charge in [-0.15, -0.1) is 0 Å². The van der Waals surface area contributed by atoms with Crippen LogP contribution in [0.1, 0.15) is 20.3 Å². The first kappa shape index (κ1) is 15.4. The smallest absolute Gasteiger partial charge is 0.329 e. The zero-order valence-electron chi connectivity index (χ0n) is 12.3. The van der Waals surface area contributed by atoms with Gasteiger partial charge in [-0.3, -0.25) is 20.4 Å². The quantitative estimate of drug-likeness (QED) is 0.461. The topological polar surface area (TPSA) is 113 Å². The highest BCUT2D eigenvalue weighted by Crippen LogP contribution is 2.27. The van der Waals surface area contributed by atoms with E-state index in [4.69, 9.17) is 5.84 Å². The molecule has 0 saturated carbocycles. The fourth-order valence-corrected chi connectivity index (χ4v) is 2.43. The predicted octanol–water partition coefficient (Wildman–Crippen LogP) is 0.591. The molecule has 0 bridgehead atoms. The van der Waals surface area contributed by atoms with Gasteiger partial charge in [0.2, 0.25) is 11.8 Å². The Hall–Kier alpha value is -2.00. The Bertz CT molecular complexity index is 502. The van der Waals surface area contributed by atoms with Gasteiger partial charge in [0, 0.05) is 32.2 Å². The first-order chi connectivity index (χ1) is 10.1. The second-order valence-corrected chi connectivity index (χ2v) is 5.08. The molecule has 116 valence electrons. The van der Waals surface area contributed by atoms with Crippen LogP contribution in [0.4, 0.5) is 17.5 Å². The van der Waals surface area contributed by atoms with Crippen molar-refractivity contribution in [3.63, 3.8) is 0 Å². The van der Waals surface area contributed by atoms with Crippen LogP contribution in [0.2, 0.25) is 0 Å². The summed E-state index contributed by atoms with van der Waals surface area (Å²) < 4.78 is 0. The lowest BCUT2D eigenvalue weighted by Crippen LogP contribution is -2.49. The highest BCUT2D eigenvalue weighted by atomic mass is 16.6. The predicted molar refractivity (Wildman–Crippen MR) is 80.0 cm³/mol. The van der Waals surface area contributed by atoms with Crippen LogP contribution in [0, 0.1) is 10.1 Å². The van der Waals surface area contributed by atoms with Crippen LogP contribution in [0.25, 0.3) is 0 Å². The molecule has 0 spiro atoms. The average Bonchev–Trinajstić information content (AvgIpc) is 2.53. The third kappa shape index (κ3) is 3.37. The molecular formula is C12H21N7O2. The van der Waals surface area contributed by atoms with Gasteiger partial charge < -0.3 is 4.90 Å². The third-order valence-corrected chi connectivity index (χ3v) is 3.90. The van der Waals surface area contributed by atoms with Gasteiger partial charge in [-0.2, -0.15) is 4.98 Å². The largest absolute Gasteiger partial charge is 0.348 e. The fraction of sp³-hybridized carbons (Fsp3) is 0.667. The summed E-state index contributed by atoms with van der Waals surface area (Å²) in [5.74, 6) is 5.79. The van der Waals surface area contributed by atoms with Crippen molar-refractivity contribution in [2.75, 3.05) is 36.5 Å². The van der Waals surface area contributed by atoms with E-state index in [1.54, 1.807) is 0 Å². The molecular weight excluding hydrogens is 274 g/mol. The fourth-order valence-electron chi connectivity index (χ4n) is 2.43. The molecule has 1 saturated heterocycles. The van der Waals surface area contributed by atoms with Gasteiger partial charge in [-0.05, 0) is 13.3 Å². The van der Waals surface area contributed by atoms with Crippen molar-refractivity contribution < 1.29 is 4.92 Å². The number of anilines is 2. The standard InChI is InChI=1S/C12H21N7O2/c1-3-9(2)17-4-6-18(7-5-17)11-10(19(20)21)8-14-12(15-11)16-13/h8-9H,3-7,13H2,1-2H3,(H,14,15,16). The van der Waals surface area contributed by atoms with E-state index >= 15 is 0 Å². The lowest BCUT2D eigenvalue weighted by Gasteiger charge is -2.38. The molecule has 0 radical (unpaired) electrons. The molecule has 1 atom stereocenters. The van der Waals surface area contributed by atoms with Crippen molar-refractivity contribution in [3.05, 3.63) is 16.3 Å². The Morgan fingerprint density at radius 1 is 1.48 bits per heavy atom. The van der Waals surface area contributed by atoms with Gasteiger partial charge in [-0.1, -0.05) is 6.92 Å². The SMILES string of the molecule is CCC(C)N1CCN(c2nc(NN)ncc2[N+](=O)[O-])CC1. The maximum absolute atomic E-state index is 11.1. The van der Waals surface area contributed by atoms with Crippen LogP contribution in [-0.4, -0.2) is 52.0 Å². The van der Waals surface area contributed by atoms with Crippen molar-refractivity contribution in [1.82, 2.24) is 14.9 Å². The normalized spacial score (nSPS) is 17.6. The number of nitrogens with zero attached hydrogens (tertiary/aromatic N) is 5. The number of rotatable bonds is 5. The lowest BCUT2D eigenvalue weighted by atomic mass is 10.2. The molecule has 1 aliphatic heterocycles. The van der Waals surface area contributed by atoms with E-state index in [1.165, 1.54) is 6.20 Å². The minimum Gasteiger partial charge on any atom is -0.348 e. The molecule has 1 aromatic rings. The summed E-state index contributed by atoms with van der Waals surface area (Å²) in [5.41, 5.74) is 2.24. The van der Waals surface area contributed by atoms with Gasteiger partial charge in [0.1, 0.15) is 6.20 Å². The number of nitrogens with one attached hydrogen (secondary N) is 1. The summed E-state index contributed by atoms with van der Waals surface area (Å²) in [6.07, 6.45) is 2.29. The van der Waals surface area contributed by atoms with Crippen molar-refractivity contribution in [2.24, 2.45) is 5.84 Å². The zero-order valence-corrected chi connectivity index (χ0v) is 12.3. The Kier molecular flexibility index (Phi) is 4.86. The first-order valence-corrected chi connectivity index (χ1v) is 7.03. The van der Waals surface area contributed by atoms with E-state index in [1.807, 2.05) is 4.90 Å². The summed E-state index contributed by atoms with van der Waals surface area (Å²) in [7, 11) is 0. The van der Waals surface area contributed by atoms with Gasteiger partial charge in [0.15, 0.2) is 0 Å². The van der Waals surface area contributed by atoms with Crippen LogP contribution in [0.5, 0.6) is 0 Å². The Morgan fingerprint density at radius 2 is 2.14 bits per heavy atom. The molecule has 21 heavy (non-hydrogen) atoms. The highest BCUT2D eigenvalue weighted by molar-refractivity contribution is 5.59. The number of nitrogen functional groups attached to an aromatic ring is 1. The summed E-state index contributed by atoms with van der Waals surface area (Å²) in [5, 5.41) is 11.1. The monoisotopic (exact) mass is 295 g/mol. The molecule has 1 fully saturated rings. The van der Waals surface area contributed by atoms with Crippen molar-refractivity contribution >= 4 is 17.5 Å². The summed E-state index contributed by atoms with van der Waals surface area (Å²) >= 11 is 0. The highest BCUT2D eigenvalue weighted by Gasteiger charge is 2.27. The lowest BCUT2D eigenvalue weighted by molar-refractivity contribution is -0.384. The summed E-state index contributed by atoms with van der Waals surface area (Å²) in [6, 6.07) is 0.522. The molecule has 9 nitrogen and oxygen atoms in total. The molecule has 1 aliphatic rings.